The molecule has 1 aromatic rings. The third-order valence-electron chi connectivity index (χ3n) is 2.73. The van der Waals surface area contributed by atoms with Crippen LogP contribution in [0.4, 0.5) is 0 Å². The highest BCUT2D eigenvalue weighted by Gasteiger charge is 2.33. The van der Waals surface area contributed by atoms with E-state index < -0.39 is 5.60 Å². The van der Waals surface area contributed by atoms with Crippen LogP contribution >= 0.6 is 0 Å². The molecule has 80 valence electrons. The normalized spacial score (nSPS) is 29.6. The van der Waals surface area contributed by atoms with Crippen molar-refractivity contribution in [3.8, 4) is 0 Å². The van der Waals surface area contributed by atoms with Gasteiger partial charge in [-0.05, 0) is 18.9 Å². The summed E-state index contributed by atoms with van der Waals surface area (Å²) in [5.41, 5.74) is 0.392. The van der Waals surface area contributed by atoms with Gasteiger partial charge in [-0.1, -0.05) is 42.5 Å². The Morgan fingerprint density at radius 3 is 2.73 bits per heavy atom. The Balaban J connectivity index is 1.91. The second kappa shape index (κ2) is 4.17. The lowest BCUT2D eigenvalue weighted by Crippen LogP contribution is -2.35. The summed E-state index contributed by atoms with van der Waals surface area (Å²) in [7, 11) is 0. The van der Waals surface area contributed by atoms with Crippen LogP contribution in [0, 0.1) is 0 Å². The molecule has 2 heteroatoms. The average molecular weight is 204 g/mol. The zero-order valence-electron chi connectivity index (χ0n) is 8.89. The van der Waals surface area contributed by atoms with Gasteiger partial charge in [0.1, 0.15) is 6.10 Å². The molecule has 2 unspecified atom stereocenters. The average Bonchev–Trinajstić information content (AvgIpc) is 2.56. The Morgan fingerprint density at radius 1 is 1.40 bits per heavy atom. The summed E-state index contributed by atoms with van der Waals surface area (Å²) in [6.45, 7) is 2.36. The molecule has 1 aliphatic carbocycles. The van der Waals surface area contributed by atoms with E-state index in [0.717, 1.165) is 5.56 Å². The lowest BCUT2D eigenvalue weighted by molar-refractivity contribution is -0.0709. The van der Waals surface area contributed by atoms with Crippen molar-refractivity contribution in [2.45, 2.75) is 31.7 Å². The molecule has 0 aromatic heterocycles. The molecule has 2 atom stereocenters. The monoisotopic (exact) mass is 204 g/mol. The van der Waals surface area contributed by atoms with Crippen molar-refractivity contribution in [3.63, 3.8) is 0 Å². The predicted molar refractivity (Wildman–Crippen MR) is 59.4 cm³/mol. The predicted octanol–water partition coefficient (Wildman–Crippen LogP) is 2.28. The number of aliphatic hydroxyl groups is 1. The van der Waals surface area contributed by atoms with E-state index in [9.17, 15) is 5.11 Å². The molecular weight excluding hydrogens is 188 g/mol. The molecule has 0 saturated heterocycles. The van der Waals surface area contributed by atoms with Crippen LogP contribution in [0.15, 0.2) is 42.5 Å². The Bertz CT molecular complexity index is 341. The summed E-state index contributed by atoms with van der Waals surface area (Å²) in [4.78, 5) is 0. The van der Waals surface area contributed by atoms with Crippen molar-refractivity contribution >= 4 is 0 Å². The molecule has 0 spiro atoms. The maximum atomic E-state index is 9.94. The highest BCUT2D eigenvalue weighted by atomic mass is 16.5. The van der Waals surface area contributed by atoms with Crippen molar-refractivity contribution in [1.82, 2.24) is 0 Å². The van der Waals surface area contributed by atoms with Gasteiger partial charge in [-0.3, -0.25) is 0 Å². The smallest absolute Gasteiger partial charge is 0.105 e. The SMILES string of the molecule is CC1(O)CC=CC1OCc1ccccc1. The van der Waals surface area contributed by atoms with Crippen molar-refractivity contribution < 1.29 is 9.84 Å². The molecule has 15 heavy (non-hydrogen) atoms. The molecule has 0 heterocycles. The van der Waals surface area contributed by atoms with Gasteiger partial charge in [0.05, 0.1) is 12.2 Å². The quantitative estimate of drug-likeness (QED) is 0.765. The van der Waals surface area contributed by atoms with Crippen LogP contribution in [0.5, 0.6) is 0 Å². The van der Waals surface area contributed by atoms with E-state index in [2.05, 4.69) is 0 Å². The zero-order chi connectivity index (χ0) is 10.7. The second-order valence-corrected chi connectivity index (χ2v) is 4.21. The first kappa shape index (κ1) is 10.4. The lowest BCUT2D eigenvalue weighted by atomic mass is 10.0. The van der Waals surface area contributed by atoms with Crippen molar-refractivity contribution in [3.05, 3.63) is 48.0 Å². The minimum atomic E-state index is -0.741. The molecule has 2 rings (SSSR count). The highest BCUT2D eigenvalue weighted by Crippen LogP contribution is 2.26. The summed E-state index contributed by atoms with van der Waals surface area (Å²) >= 11 is 0. The van der Waals surface area contributed by atoms with Crippen molar-refractivity contribution in [1.29, 1.82) is 0 Å². The molecule has 1 aliphatic rings. The molecule has 0 radical (unpaired) electrons. The molecule has 0 aliphatic heterocycles. The van der Waals surface area contributed by atoms with E-state index in [4.69, 9.17) is 4.74 Å². The number of ether oxygens (including phenoxy) is 1. The van der Waals surface area contributed by atoms with Gasteiger partial charge in [0.15, 0.2) is 0 Å². The zero-order valence-corrected chi connectivity index (χ0v) is 8.89. The Hall–Kier alpha value is -1.12. The summed E-state index contributed by atoms with van der Waals surface area (Å²) in [5.74, 6) is 0. The number of benzene rings is 1. The fourth-order valence-corrected chi connectivity index (χ4v) is 1.75. The fourth-order valence-electron chi connectivity index (χ4n) is 1.75. The summed E-state index contributed by atoms with van der Waals surface area (Å²) in [6.07, 6.45) is 4.39. The van der Waals surface area contributed by atoms with Gasteiger partial charge in [0, 0.05) is 0 Å². The van der Waals surface area contributed by atoms with Gasteiger partial charge in [0.2, 0.25) is 0 Å². The van der Waals surface area contributed by atoms with Crippen LogP contribution in [-0.4, -0.2) is 16.8 Å². The van der Waals surface area contributed by atoms with E-state index >= 15 is 0 Å². The van der Waals surface area contributed by atoms with Crippen LogP contribution in [0.2, 0.25) is 0 Å². The Kier molecular flexibility index (Phi) is 2.89. The topological polar surface area (TPSA) is 29.5 Å². The van der Waals surface area contributed by atoms with Gasteiger partial charge >= 0.3 is 0 Å². The van der Waals surface area contributed by atoms with Crippen LogP contribution in [0.25, 0.3) is 0 Å². The van der Waals surface area contributed by atoms with Gasteiger partial charge < -0.3 is 9.84 Å². The fraction of sp³-hybridized carbons (Fsp3) is 0.385. The molecule has 0 fully saturated rings. The van der Waals surface area contributed by atoms with E-state index in [1.807, 2.05) is 49.4 Å². The first-order valence-corrected chi connectivity index (χ1v) is 5.23. The van der Waals surface area contributed by atoms with Gasteiger partial charge in [-0.25, -0.2) is 0 Å². The van der Waals surface area contributed by atoms with E-state index in [1.54, 1.807) is 0 Å². The summed E-state index contributed by atoms with van der Waals surface area (Å²) < 4.78 is 5.67. The van der Waals surface area contributed by atoms with Gasteiger partial charge in [-0.15, -0.1) is 0 Å². The Morgan fingerprint density at radius 2 is 2.13 bits per heavy atom. The lowest BCUT2D eigenvalue weighted by Gasteiger charge is -2.25. The van der Waals surface area contributed by atoms with Gasteiger partial charge in [-0.2, -0.15) is 0 Å². The maximum absolute atomic E-state index is 9.94. The van der Waals surface area contributed by atoms with Crippen LogP contribution in [-0.2, 0) is 11.3 Å². The van der Waals surface area contributed by atoms with E-state index in [0.29, 0.717) is 13.0 Å². The minimum absolute atomic E-state index is 0.183. The second-order valence-electron chi connectivity index (χ2n) is 4.21. The highest BCUT2D eigenvalue weighted by molar-refractivity contribution is 5.15. The van der Waals surface area contributed by atoms with Crippen LogP contribution in [0.1, 0.15) is 18.9 Å². The molecule has 1 aromatic carbocycles. The number of hydrogen-bond acceptors (Lipinski definition) is 2. The van der Waals surface area contributed by atoms with Crippen molar-refractivity contribution in [2.24, 2.45) is 0 Å². The maximum Gasteiger partial charge on any atom is 0.105 e. The summed E-state index contributed by atoms with van der Waals surface area (Å²) in [5, 5.41) is 9.94. The first-order chi connectivity index (χ1) is 7.18. The van der Waals surface area contributed by atoms with Crippen LogP contribution < -0.4 is 0 Å². The largest absolute Gasteiger partial charge is 0.387 e. The first-order valence-electron chi connectivity index (χ1n) is 5.23. The molecule has 0 amide bonds. The number of hydrogen-bond donors (Lipinski definition) is 1. The van der Waals surface area contributed by atoms with E-state index in [1.165, 1.54) is 0 Å². The third kappa shape index (κ3) is 2.46. The molecular formula is C13H16O2. The molecule has 0 bridgehead atoms. The number of rotatable bonds is 3. The third-order valence-corrected chi connectivity index (χ3v) is 2.73. The standard InChI is InChI=1S/C13H16O2/c1-13(14)9-5-8-12(13)15-10-11-6-3-2-4-7-11/h2-8,12,14H,9-10H2,1H3. The molecule has 1 N–H and O–H groups in total. The van der Waals surface area contributed by atoms with E-state index in [-0.39, 0.29) is 6.10 Å². The minimum Gasteiger partial charge on any atom is -0.387 e. The van der Waals surface area contributed by atoms with Gasteiger partial charge in [0.25, 0.3) is 0 Å². The molecule has 2 nitrogen and oxygen atoms in total. The Labute approximate surface area is 90.2 Å². The molecule has 0 saturated carbocycles. The van der Waals surface area contributed by atoms with Crippen LogP contribution in [0.3, 0.4) is 0 Å². The summed E-state index contributed by atoms with van der Waals surface area (Å²) in [6, 6.07) is 10.00. The van der Waals surface area contributed by atoms with Crippen molar-refractivity contribution in [2.75, 3.05) is 0 Å².